The van der Waals surface area contributed by atoms with Crippen molar-refractivity contribution in [1.29, 1.82) is 0 Å². The molecule has 0 aromatic rings. The van der Waals surface area contributed by atoms with Crippen LogP contribution in [0, 0.1) is 5.92 Å². The topological polar surface area (TPSA) is 9.23 Å². The number of unbranched alkanes of at least 4 members (excludes halogenated alkanes) is 1. The summed E-state index contributed by atoms with van der Waals surface area (Å²) in [6.45, 7) is 6.15. The van der Waals surface area contributed by atoms with Gasteiger partial charge >= 0.3 is 0 Å². The summed E-state index contributed by atoms with van der Waals surface area (Å²) < 4.78 is 5.45. The van der Waals surface area contributed by atoms with Crippen molar-refractivity contribution in [2.24, 2.45) is 5.92 Å². The molecule has 1 atom stereocenters. The Balaban J connectivity index is 3.06. The van der Waals surface area contributed by atoms with Crippen molar-refractivity contribution < 1.29 is 4.74 Å². The quantitative estimate of drug-likeness (QED) is 0.423. The van der Waals surface area contributed by atoms with Gasteiger partial charge in [0.25, 0.3) is 0 Å². The normalized spacial score (nSPS) is 13.2. The van der Waals surface area contributed by atoms with Gasteiger partial charge in [-0.25, -0.2) is 0 Å². The van der Waals surface area contributed by atoms with Crippen LogP contribution in [-0.2, 0) is 4.74 Å². The molecular weight excluding hydrogens is 172 g/mol. The minimum Gasteiger partial charge on any atom is -0.381 e. The van der Waals surface area contributed by atoms with E-state index in [9.17, 15) is 0 Å². The van der Waals surface area contributed by atoms with Crippen molar-refractivity contribution in [2.75, 3.05) is 19.1 Å². The molecule has 12 heavy (non-hydrogen) atoms. The summed E-state index contributed by atoms with van der Waals surface area (Å²) in [5.74, 6) is 1.42. The lowest BCUT2D eigenvalue weighted by Crippen LogP contribution is -2.06. The molecule has 0 fully saturated rings. The number of ether oxygens (including phenoxy) is 1. The minimum absolute atomic E-state index is 0.647. The highest BCUT2D eigenvalue weighted by Crippen LogP contribution is 2.09. The fourth-order valence-corrected chi connectivity index (χ4v) is 1.36. The van der Waals surface area contributed by atoms with Crippen molar-refractivity contribution in [3.63, 3.8) is 0 Å². The van der Waals surface area contributed by atoms with Crippen LogP contribution in [-0.4, -0.2) is 19.1 Å². The van der Waals surface area contributed by atoms with Crippen LogP contribution in [0.3, 0.4) is 0 Å². The highest BCUT2D eigenvalue weighted by atomic mass is 35.5. The average molecular weight is 193 g/mol. The lowest BCUT2D eigenvalue weighted by Gasteiger charge is -2.10. The summed E-state index contributed by atoms with van der Waals surface area (Å²) in [5.41, 5.74) is 0. The number of halogens is 1. The first-order valence-electron chi connectivity index (χ1n) is 4.98. The van der Waals surface area contributed by atoms with Crippen LogP contribution in [0.15, 0.2) is 0 Å². The van der Waals surface area contributed by atoms with Crippen LogP contribution in [0.1, 0.15) is 39.5 Å². The molecule has 0 heterocycles. The Morgan fingerprint density at radius 1 is 1.25 bits per heavy atom. The van der Waals surface area contributed by atoms with Gasteiger partial charge in [-0.1, -0.05) is 26.7 Å². The molecule has 0 N–H and O–H groups in total. The Hall–Kier alpha value is 0.250. The third kappa shape index (κ3) is 6.93. The molecule has 0 rings (SSSR count). The molecule has 74 valence electrons. The zero-order valence-electron chi connectivity index (χ0n) is 8.31. The lowest BCUT2D eigenvalue weighted by atomic mass is 10.1. The molecule has 0 amide bonds. The predicted octanol–water partition coefficient (Wildman–Crippen LogP) is 3.46. The Morgan fingerprint density at radius 3 is 2.50 bits per heavy atom. The summed E-state index contributed by atoms with van der Waals surface area (Å²) in [6.07, 6.45) is 4.68. The number of rotatable bonds is 8. The monoisotopic (exact) mass is 192 g/mol. The van der Waals surface area contributed by atoms with Crippen LogP contribution in [0.4, 0.5) is 0 Å². The molecule has 0 aromatic heterocycles. The Bertz CT molecular complexity index is 81.9. The van der Waals surface area contributed by atoms with Crippen molar-refractivity contribution >= 4 is 11.6 Å². The molecule has 0 radical (unpaired) electrons. The van der Waals surface area contributed by atoms with E-state index in [1.165, 1.54) is 19.3 Å². The van der Waals surface area contributed by atoms with Gasteiger partial charge in [-0.3, -0.25) is 0 Å². The first-order valence-corrected chi connectivity index (χ1v) is 5.52. The van der Waals surface area contributed by atoms with E-state index in [0.29, 0.717) is 5.92 Å². The number of alkyl halides is 1. The summed E-state index contributed by atoms with van der Waals surface area (Å²) in [4.78, 5) is 0. The number of hydrogen-bond acceptors (Lipinski definition) is 1. The minimum atomic E-state index is 0.647. The van der Waals surface area contributed by atoms with Crippen molar-refractivity contribution in [3.8, 4) is 0 Å². The third-order valence-corrected chi connectivity index (χ3v) is 2.54. The van der Waals surface area contributed by atoms with Gasteiger partial charge in [0, 0.05) is 19.1 Å². The van der Waals surface area contributed by atoms with Crippen LogP contribution in [0.25, 0.3) is 0 Å². The summed E-state index contributed by atoms with van der Waals surface area (Å²) in [6, 6.07) is 0. The Labute approximate surface area is 81.4 Å². The zero-order valence-corrected chi connectivity index (χ0v) is 9.07. The van der Waals surface area contributed by atoms with Crippen molar-refractivity contribution in [1.82, 2.24) is 0 Å². The van der Waals surface area contributed by atoms with Gasteiger partial charge in [0.2, 0.25) is 0 Å². The Morgan fingerprint density at radius 2 is 2.00 bits per heavy atom. The fraction of sp³-hybridized carbons (Fsp3) is 1.00. The molecule has 0 aliphatic carbocycles. The summed E-state index contributed by atoms with van der Waals surface area (Å²) in [7, 11) is 0. The molecule has 0 aliphatic rings. The molecule has 0 saturated heterocycles. The maximum Gasteiger partial charge on any atom is 0.0469 e. The van der Waals surface area contributed by atoms with Gasteiger partial charge in [0.05, 0.1) is 0 Å². The molecule has 0 saturated carbocycles. The third-order valence-electron chi connectivity index (χ3n) is 2.11. The maximum absolute atomic E-state index is 5.75. The van der Waals surface area contributed by atoms with E-state index in [0.717, 1.165) is 25.5 Å². The van der Waals surface area contributed by atoms with Crippen molar-refractivity contribution in [3.05, 3.63) is 0 Å². The number of hydrogen-bond donors (Lipinski definition) is 0. The fourth-order valence-electron chi connectivity index (χ4n) is 0.989. The summed E-state index contributed by atoms with van der Waals surface area (Å²) >= 11 is 5.75. The summed E-state index contributed by atoms with van der Waals surface area (Å²) in [5, 5.41) is 0. The lowest BCUT2D eigenvalue weighted by molar-refractivity contribution is 0.119. The van der Waals surface area contributed by atoms with Crippen LogP contribution in [0.2, 0.25) is 0 Å². The van der Waals surface area contributed by atoms with Gasteiger partial charge in [0.15, 0.2) is 0 Å². The van der Waals surface area contributed by atoms with Gasteiger partial charge in [-0.2, -0.15) is 0 Å². The van der Waals surface area contributed by atoms with E-state index in [4.69, 9.17) is 16.3 Å². The first kappa shape index (κ1) is 12.2. The van der Waals surface area contributed by atoms with E-state index in [1.807, 2.05) is 0 Å². The van der Waals surface area contributed by atoms with Crippen LogP contribution >= 0.6 is 11.6 Å². The highest BCUT2D eigenvalue weighted by molar-refractivity contribution is 6.18. The second kappa shape index (κ2) is 9.34. The average Bonchev–Trinajstić information content (AvgIpc) is 2.11. The van der Waals surface area contributed by atoms with Gasteiger partial charge in [0.1, 0.15) is 0 Å². The molecule has 2 heteroatoms. The Kier molecular flexibility index (Phi) is 9.53. The largest absolute Gasteiger partial charge is 0.381 e. The first-order chi connectivity index (χ1) is 5.85. The second-order valence-corrected chi connectivity index (χ2v) is 3.49. The van der Waals surface area contributed by atoms with Gasteiger partial charge in [-0.15, -0.1) is 11.6 Å². The van der Waals surface area contributed by atoms with E-state index < -0.39 is 0 Å². The predicted molar refractivity (Wildman–Crippen MR) is 54.8 cm³/mol. The second-order valence-electron chi connectivity index (χ2n) is 3.18. The van der Waals surface area contributed by atoms with Gasteiger partial charge in [-0.05, 0) is 18.8 Å². The molecule has 0 aromatic carbocycles. The molecule has 0 spiro atoms. The van der Waals surface area contributed by atoms with Crippen LogP contribution < -0.4 is 0 Å². The van der Waals surface area contributed by atoms with E-state index >= 15 is 0 Å². The zero-order chi connectivity index (χ0) is 9.23. The molecule has 0 bridgehead atoms. The molecule has 1 unspecified atom stereocenters. The molecule has 0 aliphatic heterocycles. The van der Waals surface area contributed by atoms with E-state index in [2.05, 4.69) is 13.8 Å². The smallest absolute Gasteiger partial charge is 0.0469 e. The highest BCUT2D eigenvalue weighted by Gasteiger charge is 2.03. The van der Waals surface area contributed by atoms with Gasteiger partial charge < -0.3 is 4.74 Å². The van der Waals surface area contributed by atoms with Crippen LogP contribution in [0.5, 0.6) is 0 Å². The van der Waals surface area contributed by atoms with E-state index in [-0.39, 0.29) is 0 Å². The molecular formula is C10H21ClO. The molecule has 1 nitrogen and oxygen atoms in total. The standard InChI is InChI=1S/C10H21ClO/c1-3-5-7-12-8-6-10(4-2)9-11/h10H,3-9H2,1-2H3. The van der Waals surface area contributed by atoms with Crippen molar-refractivity contribution in [2.45, 2.75) is 39.5 Å². The van der Waals surface area contributed by atoms with E-state index in [1.54, 1.807) is 0 Å². The maximum atomic E-state index is 5.75. The SMILES string of the molecule is CCCCOCCC(CC)CCl.